The van der Waals surface area contributed by atoms with E-state index in [2.05, 4.69) is 31.1 Å². The van der Waals surface area contributed by atoms with Crippen molar-refractivity contribution in [2.75, 3.05) is 4.90 Å². The van der Waals surface area contributed by atoms with Crippen LogP contribution in [0.5, 0.6) is 0 Å². The lowest BCUT2D eigenvalue weighted by Crippen LogP contribution is -2.29. The van der Waals surface area contributed by atoms with E-state index in [-0.39, 0.29) is 12.1 Å². The predicted molar refractivity (Wildman–Crippen MR) is 131 cm³/mol. The van der Waals surface area contributed by atoms with Gasteiger partial charge in [-0.3, -0.25) is 4.98 Å². The Morgan fingerprint density at radius 2 is 1.74 bits per heavy atom. The van der Waals surface area contributed by atoms with E-state index in [0.717, 1.165) is 32.9 Å². The summed E-state index contributed by atoms with van der Waals surface area (Å²) in [5.41, 5.74) is 2.85. The molecule has 1 fully saturated rings. The summed E-state index contributed by atoms with van der Waals surface area (Å²) < 4.78 is 7.36. The minimum absolute atomic E-state index is 0.151. The molecule has 1 aliphatic heterocycles. The highest BCUT2D eigenvalue weighted by atomic mass is 79.9. The van der Waals surface area contributed by atoms with Gasteiger partial charge in [0.25, 0.3) is 0 Å². The third kappa shape index (κ3) is 3.99. The minimum atomic E-state index is -0.190. The number of anilines is 1. The molecule has 4 nitrogen and oxygen atoms in total. The Morgan fingerprint density at radius 3 is 2.45 bits per heavy atom. The highest BCUT2D eigenvalue weighted by molar-refractivity contribution is 9.10. The number of halogens is 2. The molecule has 0 saturated carbocycles. The molecule has 1 saturated heterocycles. The highest BCUT2D eigenvalue weighted by Crippen LogP contribution is 2.43. The molecule has 0 bridgehead atoms. The Kier molecular flexibility index (Phi) is 5.52. The van der Waals surface area contributed by atoms with Crippen LogP contribution in [0.15, 0.2) is 93.9 Å². The molecule has 5 rings (SSSR count). The number of thiocarbonyl (C=S) groups is 1. The van der Waals surface area contributed by atoms with E-state index in [9.17, 15) is 0 Å². The van der Waals surface area contributed by atoms with E-state index >= 15 is 0 Å². The molecule has 7 heteroatoms. The van der Waals surface area contributed by atoms with Gasteiger partial charge in [-0.05, 0) is 85.0 Å². The van der Waals surface area contributed by atoms with Crippen molar-refractivity contribution >= 4 is 50.5 Å². The molecule has 0 spiro atoms. The predicted octanol–water partition coefficient (Wildman–Crippen LogP) is 6.93. The normalized spacial score (nSPS) is 18.3. The van der Waals surface area contributed by atoms with E-state index in [0.29, 0.717) is 10.1 Å². The van der Waals surface area contributed by atoms with Crippen molar-refractivity contribution in [1.29, 1.82) is 0 Å². The highest BCUT2D eigenvalue weighted by Gasteiger charge is 2.42. The van der Waals surface area contributed by atoms with Gasteiger partial charge in [-0.2, -0.15) is 0 Å². The van der Waals surface area contributed by atoms with Crippen molar-refractivity contribution in [2.45, 2.75) is 12.1 Å². The number of nitrogens with zero attached hydrogens (tertiary/aromatic N) is 2. The Bertz CT molecular complexity index is 1210. The maximum atomic E-state index is 6.35. The Morgan fingerprint density at radius 1 is 0.968 bits per heavy atom. The van der Waals surface area contributed by atoms with E-state index in [4.69, 9.17) is 28.2 Å². The molecule has 0 aliphatic carbocycles. The largest absolute Gasteiger partial charge is 0.459 e. The fourth-order valence-electron chi connectivity index (χ4n) is 3.80. The number of furan rings is 1. The van der Waals surface area contributed by atoms with E-state index in [1.54, 1.807) is 6.20 Å². The van der Waals surface area contributed by atoms with Crippen LogP contribution in [0.2, 0.25) is 5.02 Å². The second kappa shape index (κ2) is 8.46. The quantitative estimate of drug-likeness (QED) is 0.301. The van der Waals surface area contributed by atoms with E-state index in [1.807, 2.05) is 78.9 Å². The minimum Gasteiger partial charge on any atom is -0.459 e. The standard InChI is InChI=1S/C24H17BrClN3OS/c25-16-6-10-18(11-7-16)29-23(22(28-24(29)31)19-3-1-2-14-27-19)21-13-12-20(30-21)15-4-8-17(26)9-5-15/h1-14,22-23H,(H,28,31)/t22-,23+/m1/s1. The fraction of sp³-hybridized carbons (Fsp3) is 0.0833. The van der Waals surface area contributed by atoms with Crippen molar-refractivity contribution in [3.05, 3.63) is 106 Å². The zero-order valence-electron chi connectivity index (χ0n) is 16.2. The van der Waals surface area contributed by atoms with Crippen molar-refractivity contribution in [1.82, 2.24) is 10.3 Å². The van der Waals surface area contributed by atoms with Gasteiger partial charge >= 0.3 is 0 Å². The molecule has 154 valence electrons. The van der Waals surface area contributed by atoms with Crippen LogP contribution in [0, 0.1) is 0 Å². The average Bonchev–Trinajstić information content (AvgIpc) is 3.40. The molecular formula is C24H17BrClN3OS. The van der Waals surface area contributed by atoms with Crippen molar-refractivity contribution in [3.8, 4) is 11.3 Å². The number of rotatable bonds is 4. The van der Waals surface area contributed by atoms with Crippen LogP contribution in [-0.2, 0) is 0 Å². The van der Waals surface area contributed by atoms with Crippen LogP contribution >= 0.6 is 39.7 Å². The summed E-state index contributed by atoms with van der Waals surface area (Å²) in [4.78, 5) is 6.66. The summed E-state index contributed by atoms with van der Waals surface area (Å²) in [6.45, 7) is 0. The van der Waals surface area contributed by atoms with Crippen LogP contribution in [0.4, 0.5) is 5.69 Å². The van der Waals surface area contributed by atoms with Crippen LogP contribution in [-0.4, -0.2) is 10.1 Å². The van der Waals surface area contributed by atoms with Gasteiger partial charge in [0, 0.05) is 26.9 Å². The summed E-state index contributed by atoms with van der Waals surface area (Å²) >= 11 is 15.3. The van der Waals surface area contributed by atoms with Crippen molar-refractivity contribution in [3.63, 3.8) is 0 Å². The van der Waals surface area contributed by atoms with Gasteiger partial charge in [0.2, 0.25) is 0 Å². The zero-order valence-corrected chi connectivity index (χ0v) is 19.4. The molecule has 1 N–H and O–H groups in total. The van der Waals surface area contributed by atoms with Gasteiger partial charge in [-0.25, -0.2) is 0 Å². The van der Waals surface area contributed by atoms with Crippen LogP contribution in [0.3, 0.4) is 0 Å². The lowest BCUT2D eigenvalue weighted by atomic mass is 10.0. The molecule has 0 amide bonds. The molecule has 1 aliphatic rings. The van der Waals surface area contributed by atoms with Gasteiger partial charge in [-0.1, -0.05) is 33.6 Å². The molecule has 2 aromatic heterocycles. The summed E-state index contributed by atoms with van der Waals surface area (Å²) in [6.07, 6.45) is 1.79. The Labute approximate surface area is 199 Å². The topological polar surface area (TPSA) is 41.3 Å². The Balaban J connectivity index is 1.59. The van der Waals surface area contributed by atoms with Crippen LogP contribution < -0.4 is 10.2 Å². The second-order valence-corrected chi connectivity index (χ2v) is 8.92. The van der Waals surface area contributed by atoms with Crippen molar-refractivity contribution in [2.24, 2.45) is 0 Å². The number of aromatic nitrogens is 1. The lowest BCUT2D eigenvalue weighted by molar-refractivity contribution is 0.439. The molecule has 0 unspecified atom stereocenters. The maximum absolute atomic E-state index is 6.35. The third-order valence-corrected chi connectivity index (χ3v) is 6.35. The number of benzene rings is 2. The molecular weight excluding hydrogens is 494 g/mol. The first-order valence-electron chi connectivity index (χ1n) is 9.72. The number of hydrogen-bond acceptors (Lipinski definition) is 3. The van der Waals surface area contributed by atoms with Crippen molar-refractivity contribution < 1.29 is 4.42 Å². The molecule has 4 aromatic rings. The maximum Gasteiger partial charge on any atom is 0.174 e. The first-order valence-corrected chi connectivity index (χ1v) is 11.3. The van der Waals surface area contributed by atoms with Gasteiger partial charge in [0.15, 0.2) is 5.11 Å². The number of pyridine rings is 1. The first-order chi connectivity index (χ1) is 15.1. The van der Waals surface area contributed by atoms with Gasteiger partial charge in [-0.15, -0.1) is 0 Å². The summed E-state index contributed by atoms with van der Waals surface area (Å²) in [5, 5.41) is 4.77. The smallest absolute Gasteiger partial charge is 0.174 e. The van der Waals surface area contributed by atoms with Gasteiger partial charge < -0.3 is 14.6 Å². The summed E-state index contributed by atoms with van der Waals surface area (Å²) in [6, 6.07) is 25.2. The second-order valence-electron chi connectivity index (χ2n) is 7.18. The number of nitrogens with one attached hydrogen (secondary N) is 1. The van der Waals surface area contributed by atoms with Crippen LogP contribution in [0.25, 0.3) is 11.3 Å². The SMILES string of the molecule is S=C1N[C@H](c2ccccn2)[C@H](c2ccc(-c3ccc(Cl)cc3)o2)N1c1ccc(Br)cc1. The lowest BCUT2D eigenvalue weighted by Gasteiger charge is -2.26. The van der Waals surface area contributed by atoms with Gasteiger partial charge in [0.1, 0.15) is 17.6 Å². The van der Waals surface area contributed by atoms with E-state index < -0.39 is 0 Å². The van der Waals surface area contributed by atoms with Gasteiger partial charge in [0.05, 0.1) is 11.7 Å². The molecule has 2 atom stereocenters. The Hall–Kier alpha value is -2.67. The summed E-state index contributed by atoms with van der Waals surface area (Å²) in [7, 11) is 0. The molecule has 31 heavy (non-hydrogen) atoms. The summed E-state index contributed by atoms with van der Waals surface area (Å²) in [5.74, 6) is 1.58. The first kappa shape index (κ1) is 20.2. The van der Waals surface area contributed by atoms with Crippen LogP contribution in [0.1, 0.15) is 23.5 Å². The molecule has 2 aromatic carbocycles. The molecule has 0 radical (unpaired) electrons. The zero-order chi connectivity index (χ0) is 21.4. The third-order valence-electron chi connectivity index (χ3n) is 5.25. The molecule has 3 heterocycles. The van der Waals surface area contributed by atoms with E-state index in [1.165, 1.54) is 0 Å². The number of hydrogen-bond donors (Lipinski definition) is 1. The fourth-order valence-corrected chi connectivity index (χ4v) is 4.54. The monoisotopic (exact) mass is 509 g/mol. The average molecular weight is 511 g/mol.